The topological polar surface area (TPSA) is 42.2 Å². The number of rotatable bonds is 2. The highest BCUT2D eigenvalue weighted by Gasteiger charge is 2.39. The third-order valence-corrected chi connectivity index (χ3v) is 2.57. The summed E-state index contributed by atoms with van der Waals surface area (Å²) in [5, 5.41) is 3.04. The number of amides is 1. The van der Waals surface area contributed by atoms with Crippen molar-refractivity contribution in [3.05, 3.63) is 23.1 Å². The van der Waals surface area contributed by atoms with Crippen LogP contribution in [-0.2, 0) is 0 Å². The molecule has 1 saturated carbocycles. The van der Waals surface area contributed by atoms with E-state index in [9.17, 15) is 4.79 Å². The molecule has 0 radical (unpaired) electrons. The molecule has 0 aromatic carbocycles. The number of furan rings is 1. The Bertz CT molecular complexity index is 341. The normalized spacial score (nSPS) is 18.3. The van der Waals surface area contributed by atoms with Crippen LogP contribution in [0.2, 0.25) is 5.22 Å². The van der Waals surface area contributed by atoms with Crippen LogP contribution in [0.3, 0.4) is 0 Å². The van der Waals surface area contributed by atoms with Crippen LogP contribution < -0.4 is 5.32 Å². The maximum Gasteiger partial charge on any atom is 0.256 e. The molecule has 4 heteroatoms. The van der Waals surface area contributed by atoms with E-state index >= 15 is 0 Å². The van der Waals surface area contributed by atoms with E-state index in [4.69, 9.17) is 16.0 Å². The van der Waals surface area contributed by atoms with E-state index in [1.165, 1.54) is 6.26 Å². The van der Waals surface area contributed by atoms with Gasteiger partial charge in [-0.15, -0.1) is 0 Å². The van der Waals surface area contributed by atoms with Crippen molar-refractivity contribution in [2.24, 2.45) is 0 Å². The zero-order chi connectivity index (χ0) is 9.47. The molecule has 1 aliphatic rings. The van der Waals surface area contributed by atoms with Gasteiger partial charge in [0.05, 0.1) is 11.8 Å². The van der Waals surface area contributed by atoms with Crippen molar-refractivity contribution in [1.82, 2.24) is 5.32 Å². The van der Waals surface area contributed by atoms with E-state index in [0.29, 0.717) is 5.56 Å². The highest BCUT2D eigenvalue weighted by atomic mass is 35.5. The first-order chi connectivity index (χ1) is 6.11. The van der Waals surface area contributed by atoms with Crippen molar-refractivity contribution in [2.45, 2.75) is 25.3 Å². The molecule has 0 unspecified atom stereocenters. The Morgan fingerprint density at radius 3 is 2.85 bits per heavy atom. The van der Waals surface area contributed by atoms with Crippen molar-refractivity contribution in [2.75, 3.05) is 0 Å². The number of carbonyl (C=O) groups excluding carboxylic acids is 1. The zero-order valence-electron chi connectivity index (χ0n) is 7.26. The van der Waals surface area contributed by atoms with Crippen LogP contribution in [0.5, 0.6) is 0 Å². The Labute approximate surface area is 81.1 Å². The number of hydrogen-bond donors (Lipinski definition) is 1. The summed E-state index contributed by atoms with van der Waals surface area (Å²) >= 11 is 5.66. The fourth-order valence-corrected chi connectivity index (χ4v) is 1.31. The SMILES string of the molecule is CC1(NC(=O)c2ccoc2Cl)CC1. The Hall–Kier alpha value is -0.960. The molecule has 1 heterocycles. The molecule has 1 aromatic heterocycles. The predicted molar refractivity (Wildman–Crippen MR) is 48.8 cm³/mol. The molecule has 0 spiro atoms. The van der Waals surface area contributed by atoms with Crippen molar-refractivity contribution < 1.29 is 9.21 Å². The standard InChI is InChI=1S/C9H10ClNO2/c1-9(3-4-9)11-8(12)6-2-5-13-7(6)10/h2,5H,3-4H2,1H3,(H,11,12). The van der Waals surface area contributed by atoms with Gasteiger partial charge in [-0.3, -0.25) is 4.79 Å². The third-order valence-electron chi connectivity index (χ3n) is 2.28. The van der Waals surface area contributed by atoms with Gasteiger partial charge in [0, 0.05) is 5.54 Å². The maximum atomic E-state index is 11.5. The molecule has 0 atom stereocenters. The summed E-state index contributed by atoms with van der Waals surface area (Å²) in [6.07, 6.45) is 3.48. The second-order valence-corrected chi connectivity index (χ2v) is 3.97. The summed E-state index contributed by atoms with van der Waals surface area (Å²) in [4.78, 5) is 11.5. The van der Waals surface area contributed by atoms with Crippen molar-refractivity contribution in [1.29, 1.82) is 0 Å². The van der Waals surface area contributed by atoms with E-state index in [0.717, 1.165) is 12.8 Å². The molecule has 0 aliphatic heterocycles. The van der Waals surface area contributed by atoms with Crippen LogP contribution in [0.4, 0.5) is 0 Å². The van der Waals surface area contributed by atoms with Gasteiger partial charge in [0.1, 0.15) is 0 Å². The quantitative estimate of drug-likeness (QED) is 0.794. The van der Waals surface area contributed by atoms with Crippen LogP contribution in [0, 0.1) is 0 Å². The minimum absolute atomic E-state index is 0.0162. The van der Waals surface area contributed by atoms with Gasteiger partial charge in [-0.2, -0.15) is 0 Å². The van der Waals surface area contributed by atoms with E-state index in [2.05, 4.69) is 5.32 Å². The Morgan fingerprint density at radius 2 is 2.38 bits per heavy atom. The number of hydrogen-bond acceptors (Lipinski definition) is 2. The highest BCUT2D eigenvalue weighted by Crippen LogP contribution is 2.34. The average Bonchev–Trinajstić information content (AvgIpc) is 2.63. The van der Waals surface area contributed by atoms with Crippen LogP contribution in [0.25, 0.3) is 0 Å². The first kappa shape index (κ1) is 8.63. The summed E-state index contributed by atoms with van der Waals surface area (Å²) in [5.74, 6) is -0.154. The molecule has 13 heavy (non-hydrogen) atoms. The molecule has 2 rings (SSSR count). The molecule has 0 saturated heterocycles. The van der Waals surface area contributed by atoms with Crippen LogP contribution >= 0.6 is 11.6 Å². The van der Waals surface area contributed by atoms with Crippen LogP contribution in [-0.4, -0.2) is 11.4 Å². The van der Waals surface area contributed by atoms with Gasteiger partial charge in [-0.25, -0.2) is 0 Å². The van der Waals surface area contributed by atoms with Crippen LogP contribution in [0.1, 0.15) is 30.1 Å². The van der Waals surface area contributed by atoms with Gasteiger partial charge in [-0.05, 0) is 37.4 Å². The lowest BCUT2D eigenvalue weighted by molar-refractivity contribution is 0.0935. The predicted octanol–water partition coefficient (Wildman–Crippen LogP) is 2.22. The van der Waals surface area contributed by atoms with E-state index in [-0.39, 0.29) is 16.7 Å². The monoisotopic (exact) mass is 199 g/mol. The Morgan fingerprint density at radius 1 is 1.69 bits per heavy atom. The van der Waals surface area contributed by atoms with Gasteiger partial charge < -0.3 is 9.73 Å². The third kappa shape index (κ3) is 1.70. The summed E-state index contributed by atoms with van der Waals surface area (Å²) in [7, 11) is 0. The van der Waals surface area contributed by atoms with E-state index in [1.54, 1.807) is 6.07 Å². The number of halogens is 1. The van der Waals surface area contributed by atoms with Crippen molar-refractivity contribution in [3.63, 3.8) is 0 Å². The first-order valence-electron chi connectivity index (χ1n) is 4.16. The lowest BCUT2D eigenvalue weighted by Gasteiger charge is -2.09. The molecule has 3 nitrogen and oxygen atoms in total. The lowest BCUT2D eigenvalue weighted by Crippen LogP contribution is -2.34. The zero-order valence-corrected chi connectivity index (χ0v) is 8.02. The van der Waals surface area contributed by atoms with Gasteiger partial charge >= 0.3 is 0 Å². The van der Waals surface area contributed by atoms with E-state index < -0.39 is 0 Å². The molecule has 70 valence electrons. The molecule has 1 aliphatic carbocycles. The smallest absolute Gasteiger partial charge is 0.256 e. The Kier molecular flexibility index (Phi) is 1.84. The largest absolute Gasteiger partial charge is 0.452 e. The molecule has 0 bridgehead atoms. The molecular formula is C9H10ClNO2. The minimum Gasteiger partial charge on any atom is -0.452 e. The van der Waals surface area contributed by atoms with Gasteiger partial charge in [0.25, 0.3) is 5.91 Å². The summed E-state index contributed by atoms with van der Waals surface area (Å²) in [6, 6.07) is 1.57. The molecule has 1 N–H and O–H groups in total. The fraction of sp³-hybridized carbons (Fsp3) is 0.444. The molecule has 1 fully saturated rings. The van der Waals surface area contributed by atoms with E-state index in [1.807, 2.05) is 6.92 Å². The summed E-state index contributed by atoms with van der Waals surface area (Å²) in [6.45, 7) is 2.01. The average molecular weight is 200 g/mol. The lowest BCUT2D eigenvalue weighted by atomic mass is 10.2. The van der Waals surface area contributed by atoms with Crippen molar-refractivity contribution in [3.8, 4) is 0 Å². The molecule has 1 aromatic rings. The molecular weight excluding hydrogens is 190 g/mol. The van der Waals surface area contributed by atoms with Crippen LogP contribution in [0.15, 0.2) is 16.7 Å². The van der Waals surface area contributed by atoms with Gasteiger partial charge in [-0.1, -0.05) is 0 Å². The fourth-order valence-electron chi connectivity index (χ4n) is 1.11. The highest BCUT2D eigenvalue weighted by molar-refractivity contribution is 6.32. The van der Waals surface area contributed by atoms with Gasteiger partial charge in [0.2, 0.25) is 5.22 Å². The molecule has 1 amide bonds. The van der Waals surface area contributed by atoms with Gasteiger partial charge in [0.15, 0.2) is 0 Å². The first-order valence-corrected chi connectivity index (χ1v) is 4.54. The number of carbonyl (C=O) groups is 1. The maximum absolute atomic E-state index is 11.5. The number of nitrogens with one attached hydrogen (secondary N) is 1. The van der Waals surface area contributed by atoms with Crippen molar-refractivity contribution >= 4 is 17.5 Å². The minimum atomic E-state index is -0.154. The Balaban J connectivity index is 2.09. The second-order valence-electron chi connectivity index (χ2n) is 3.62. The summed E-state index contributed by atoms with van der Waals surface area (Å²) < 4.78 is 4.83. The summed E-state index contributed by atoms with van der Waals surface area (Å²) in [5.41, 5.74) is 0.396. The second kappa shape index (κ2) is 2.77.